The number of anilines is 1. The maximum Gasteiger partial charge on any atom is 0.320 e. The van der Waals surface area contributed by atoms with Gasteiger partial charge in [-0.3, -0.25) is 10.00 Å². The molecule has 5 rings (SSSR count). The number of rotatable bonds is 8. The maximum atomic E-state index is 13.5. The van der Waals surface area contributed by atoms with Gasteiger partial charge in [-0.25, -0.2) is 9.48 Å². The smallest absolute Gasteiger partial charge is 0.320 e. The fourth-order valence-corrected chi connectivity index (χ4v) is 5.48. The Kier molecular flexibility index (Phi) is 7.57. The van der Waals surface area contributed by atoms with E-state index in [4.69, 9.17) is 9.84 Å². The molecule has 1 aliphatic rings. The third-order valence-corrected chi connectivity index (χ3v) is 7.37. The summed E-state index contributed by atoms with van der Waals surface area (Å²) in [5.41, 5.74) is 4.29. The van der Waals surface area contributed by atoms with Crippen LogP contribution in [0.15, 0.2) is 73.1 Å². The zero-order valence-electron chi connectivity index (χ0n) is 21.9. The molecule has 2 aromatic carbocycles. The summed E-state index contributed by atoms with van der Waals surface area (Å²) in [6.07, 6.45) is 4.48. The van der Waals surface area contributed by atoms with E-state index >= 15 is 0 Å². The summed E-state index contributed by atoms with van der Waals surface area (Å²) >= 11 is 0. The highest BCUT2D eigenvalue weighted by molar-refractivity contribution is 5.91. The summed E-state index contributed by atoms with van der Waals surface area (Å²) in [6, 6.07) is 19.0. The van der Waals surface area contributed by atoms with Crippen molar-refractivity contribution in [3.05, 3.63) is 84.2 Å². The first-order valence-electron chi connectivity index (χ1n) is 12.9. The van der Waals surface area contributed by atoms with Gasteiger partial charge < -0.3 is 15.2 Å². The van der Waals surface area contributed by atoms with E-state index in [1.54, 1.807) is 22.7 Å². The molecule has 0 bridgehead atoms. The highest BCUT2D eigenvalue weighted by Gasteiger charge is 2.43. The molecule has 4 atom stereocenters. The predicted octanol–water partition coefficient (Wildman–Crippen LogP) is 4.27. The van der Waals surface area contributed by atoms with Crippen molar-refractivity contribution in [1.29, 1.82) is 0 Å². The number of nitrogens with zero attached hydrogens (tertiary/aromatic N) is 4. The Morgan fingerprint density at radius 1 is 1.13 bits per heavy atom. The van der Waals surface area contributed by atoms with Gasteiger partial charge in [-0.05, 0) is 43.4 Å². The largest absolute Gasteiger partial charge is 0.392 e. The molecular formula is C29H34N6O3. The number of carbonyl (C=O) groups excluding carboxylic acids is 1. The van der Waals surface area contributed by atoms with Crippen LogP contribution in [-0.2, 0) is 11.8 Å². The molecule has 1 fully saturated rings. The van der Waals surface area contributed by atoms with Crippen LogP contribution < -0.4 is 10.6 Å². The van der Waals surface area contributed by atoms with Crippen LogP contribution in [0.3, 0.4) is 0 Å². The molecule has 0 saturated heterocycles. The van der Waals surface area contributed by atoms with E-state index in [9.17, 15) is 9.90 Å². The maximum absolute atomic E-state index is 13.5. The molecule has 9 heteroatoms. The van der Waals surface area contributed by atoms with Crippen LogP contribution in [0.4, 0.5) is 10.6 Å². The quantitative estimate of drug-likeness (QED) is 0.326. The summed E-state index contributed by atoms with van der Waals surface area (Å²) in [4.78, 5) is 13.5. The summed E-state index contributed by atoms with van der Waals surface area (Å²) in [6.45, 7) is 2.51. The molecule has 0 aliphatic heterocycles. The fourth-order valence-electron chi connectivity index (χ4n) is 5.48. The van der Waals surface area contributed by atoms with E-state index < -0.39 is 6.10 Å². The van der Waals surface area contributed by atoms with Gasteiger partial charge in [0.25, 0.3) is 0 Å². The average Bonchev–Trinajstić information content (AvgIpc) is 3.59. The summed E-state index contributed by atoms with van der Waals surface area (Å²) in [7, 11) is 3.52. The Morgan fingerprint density at radius 3 is 2.50 bits per heavy atom. The van der Waals surface area contributed by atoms with Crippen molar-refractivity contribution >= 4 is 11.8 Å². The minimum absolute atomic E-state index is 0.0271. The number of hydrogen-bond acceptors (Lipinski definition) is 5. The molecule has 1 aliphatic carbocycles. The first-order valence-corrected chi connectivity index (χ1v) is 12.9. The number of para-hydroxylation sites is 1. The van der Waals surface area contributed by atoms with Gasteiger partial charge in [0.2, 0.25) is 0 Å². The van der Waals surface area contributed by atoms with Gasteiger partial charge in [0, 0.05) is 50.0 Å². The van der Waals surface area contributed by atoms with Gasteiger partial charge >= 0.3 is 6.03 Å². The van der Waals surface area contributed by atoms with Gasteiger partial charge in [-0.1, -0.05) is 48.5 Å². The van der Waals surface area contributed by atoms with Crippen LogP contribution in [0, 0.1) is 12.8 Å². The van der Waals surface area contributed by atoms with E-state index in [1.165, 1.54) is 0 Å². The molecule has 2 amide bonds. The number of aliphatic hydroxyl groups is 1. The Hall–Kier alpha value is -3.95. The lowest BCUT2D eigenvalue weighted by Gasteiger charge is -2.24. The van der Waals surface area contributed by atoms with E-state index in [-0.39, 0.29) is 23.9 Å². The second-order valence-electron chi connectivity index (χ2n) is 9.88. The molecule has 1 saturated carbocycles. The normalized spacial score (nSPS) is 20.9. The van der Waals surface area contributed by atoms with Crippen LogP contribution in [0.25, 0.3) is 16.9 Å². The van der Waals surface area contributed by atoms with Gasteiger partial charge in [0.15, 0.2) is 0 Å². The Bertz CT molecular complexity index is 1370. The third-order valence-electron chi connectivity index (χ3n) is 7.37. The van der Waals surface area contributed by atoms with E-state index in [0.717, 1.165) is 34.5 Å². The van der Waals surface area contributed by atoms with Crippen LogP contribution in [0.5, 0.6) is 0 Å². The summed E-state index contributed by atoms with van der Waals surface area (Å²) in [5, 5.41) is 26.6. The third kappa shape index (κ3) is 5.20. The summed E-state index contributed by atoms with van der Waals surface area (Å²) in [5.74, 6) is 0.396. The lowest BCUT2D eigenvalue weighted by molar-refractivity contribution is 0.0896. The van der Waals surface area contributed by atoms with E-state index in [2.05, 4.69) is 15.7 Å². The van der Waals surface area contributed by atoms with Crippen molar-refractivity contribution in [3.8, 4) is 16.9 Å². The van der Waals surface area contributed by atoms with Crippen molar-refractivity contribution < 1.29 is 14.6 Å². The number of ether oxygens (including phenoxy) is 1. The number of carbonyl (C=O) groups is 1. The zero-order valence-corrected chi connectivity index (χ0v) is 21.9. The van der Waals surface area contributed by atoms with Gasteiger partial charge in [-0.15, -0.1) is 0 Å². The second-order valence-corrected chi connectivity index (χ2v) is 9.88. The molecule has 9 nitrogen and oxygen atoms in total. The van der Waals surface area contributed by atoms with Crippen molar-refractivity contribution in [2.45, 2.75) is 37.8 Å². The van der Waals surface area contributed by atoms with E-state index in [0.29, 0.717) is 18.8 Å². The van der Waals surface area contributed by atoms with Crippen molar-refractivity contribution in [2.75, 3.05) is 19.0 Å². The molecule has 0 radical (unpaired) electrons. The number of methoxy groups -OCH3 is 1. The molecule has 3 N–H and O–H groups in total. The number of aromatic nitrogens is 4. The lowest BCUT2D eigenvalue weighted by Crippen LogP contribution is -2.41. The SMILES string of the molecule is COCC[C@@H]1C[C@@H](NC(=O)Nc2c(C)c(-c3cnn(C)c3)nn2-c2ccccc2)[C@H](c2ccccc2)[C@H]1O. The monoisotopic (exact) mass is 514 g/mol. The first kappa shape index (κ1) is 25.7. The lowest BCUT2D eigenvalue weighted by atomic mass is 9.91. The zero-order chi connectivity index (χ0) is 26.6. The number of aryl methyl sites for hydroxylation is 1. The Morgan fingerprint density at radius 2 is 1.84 bits per heavy atom. The molecule has 38 heavy (non-hydrogen) atoms. The van der Waals surface area contributed by atoms with E-state index in [1.807, 2.05) is 80.8 Å². The fraction of sp³-hybridized carbons (Fsp3) is 0.345. The summed E-state index contributed by atoms with van der Waals surface area (Å²) < 4.78 is 8.74. The minimum atomic E-state index is -0.577. The van der Waals surface area contributed by atoms with Crippen LogP contribution in [0.2, 0.25) is 0 Å². The second kappa shape index (κ2) is 11.2. The minimum Gasteiger partial charge on any atom is -0.392 e. The van der Waals surface area contributed by atoms with Crippen LogP contribution >= 0.6 is 0 Å². The number of aliphatic hydroxyl groups excluding tert-OH is 1. The number of hydrogen-bond donors (Lipinski definition) is 3. The predicted molar refractivity (Wildman–Crippen MR) is 146 cm³/mol. The highest BCUT2D eigenvalue weighted by atomic mass is 16.5. The molecule has 2 heterocycles. The molecule has 2 aromatic heterocycles. The van der Waals surface area contributed by atoms with Crippen molar-refractivity contribution in [1.82, 2.24) is 24.9 Å². The number of urea groups is 1. The van der Waals surface area contributed by atoms with Crippen molar-refractivity contribution in [2.24, 2.45) is 13.0 Å². The van der Waals surface area contributed by atoms with Crippen LogP contribution in [-0.4, -0.2) is 56.6 Å². The Labute approximate surface area is 222 Å². The molecule has 198 valence electrons. The highest BCUT2D eigenvalue weighted by Crippen LogP contribution is 2.40. The number of benzene rings is 2. The average molecular weight is 515 g/mol. The molecule has 0 unspecified atom stereocenters. The number of nitrogens with one attached hydrogen (secondary N) is 2. The Balaban J connectivity index is 1.43. The number of amides is 2. The first-order chi connectivity index (χ1) is 18.5. The molecule has 4 aromatic rings. The van der Waals surface area contributed by atoms with Gasteiger partial charge in [0.1, 0.15) is 11.5 Å². The van der Waals surface area contributed by atoms with Gasteiger partial charge in [-0.2, -0.15) is 10.2 Å². The van der Waals surface area contributed by atoms with Crippen LogP contribution in [0.1, 0.15) is 29.9 Å². The van der Waals surface area contributed by atoms with Crippen molar-refractivity contribution in [3.63, 3.8) is 0 Å². The molecular weight excluding hydrogens is 480 g/mol. The topological polar surface area (TPSA) is 106 Å². The standard InChI is InChI=1S/C29H34N6O3/c1-19-26(22-17-30-34(2)18-22)33-35(23-12-8-5-9-13-23)28(19)32-29(37)31-24-16-21(14-15-38-3)27(36)25(24)20-10-6-4-7-11-20/h4-13,17-18,21,24-25,27,36H,14-16H2,1-3H3,(H2,31,32,37)/t21-,24-,25+,27+/m1/s1. The van der Waals surface area contributed by atoms with Gasteiger partial charge in [0.05, 0.1) is 18.0 Å². The molecule has 0 spiro atoms.